The lowest BCUT2D eigenvalue weighted by Gasteiger charge is -2.28. The Morgan fingerprint density at radius 3 is 2.50 bits per heavy atom. The van der Waals surface area contributed by atoms with E-state index in [1.165, 1.54) is 0 Å². The normalized spacial score (nSPS) is 20.0. The molecule has 1 rings (SSSR count). The Morgan fingerprint density at radius 2 is 2.00 bits per heavy atom. The third kappa shape index (κ3) is 6.01. The molecule has 3 N–H and O–H groups in total. The summed E-state index contributed by atoms with van der Waals surface area (Å²) < 4.78 is 5.27. The number of carboxylic acid groups (broad SMARTS) is 1. The molecule has 0 radical (unpaired) electrons. The Hall–Kier alpha value is -1.63. The SMILES string of the molecule is CC(C)(C)C(=O)NCCC(=O)NC(C(=O)O)C1CCCOC1. The molecule has 0 aliphatic carbocycles. The summed E-state index contributed by atoms with van der Waals surface area (Å²) in [5, 5.41) is 14.4. The summed E-state index contributed by atoms with van der Waals surface area (Å²) in [5.41, 5.74) is -0.514. The number of nitrogens with one attached hydrogen (secondary N) is 2. The second kappa shape index (κ2) is 8.12. The van der Waals surface area contributed by atoms with Crippen LogP contribution in [0.5, 0.6) is 0 Å². The lowest BCUT2D eigenvalue weighted by Crippen LogP contribution is -2.49. The predicted octanol–water partition coefficient (Wildman–Crippen LogP) is 0.535. The summed E-state index contributed by atoms with van der Waals surface area (Å²) in [6.07, 6.45) is 1.57. The molecule has 126 valence electrons. The van der Waals surface area contributed by atoms with Crippen molar-refractivity contribution in [1.29, 1.82) is 0 Å². The average Bonchev–Trinajstić information content (AvgIpc) is 2.44. The van der Waals surface area contributed by atoms with Gasteiger partial charge in [-0.3, -0.25) is 9.59 Å². The summed E-state index contributed by atoms with van der Waals surface area (Å²) >= 11 is 0. The number of carbonyl (C=O) groups is 3. The molecule has 2 amide bonds. The summed E-state index contributed by atoms with van der Waals surface area (Å²) in [7, 11) is 0. The van der Waals surface area contributed by atoms with E-state index in [1.54, 1.807) is 20.8 Å². The van der Waals surface area contributed by atoms with Gasteiger partial charge >= 0.3 is 5.97 Å². The maximum Gasteiger partial charge on any atom is 0.326 e. The minimum Gasteiger partial charge on any atom is -0.480 e. The Bertz CT molecular complexity index is 411. The van der Waals surface area contributed by atoms with Gasteiger partial charge in [-0.1, -0.05) is 20.8 Å². The molecule has 1 saturated heterocycles. The minimum absolute atomic E-state index is 0.0547. The van der Waals surface area contributed by atoms with E-state index < -0.39 is 17.4 Å². The third-order valence-corrected chi connectivity index (χ3v) is 3.57. The molecule has 1 aliphatic heterocycles. The number of amides is 2. The molecule has 0 spiro atoms. The molecule has 1 fully saturated rings. The molecule has 0 aromatic heterocycles. The quantitative estimate of drug-likeness (QED) is 0.663. The van der Waals surface area contributed by atoms with E-state index in [0.29, 0.717) is 13.2 Å². The Kier molecular flexibility index (Phi) is 6.80. The third-order valence-electron chi connectivity index (χ3n) is 3.57. The summed E-state index contributed by atoms with van der Waals surface area (Å²) in [6, 6.07) is -0.939. The highest BCUT2D eigenvalue weighted by Crippen LogP contribution is 2.18. The molecule has 7 heteroatoms. The molecule has 0 aromatic rings. The first-order valence-corrected chi connectivity index (χ1v) is 7.60. The van der Waals surface area contributed by atoms with Crippen LogP contribution in [0.2, 0.25) is 0 Å². The second-order valence-electron chi connectivity index (χ2n) is 6.62. The molecule has 7 nitrogen and oxygen atoms in total. The minimum atomic E-state index is -1.05. The van der Waals surface area contributed by atoms with Gasteiger partial charge in [0.25, 0.3) is 0 Å². The zero-order chi connectivity index (χ0) is 16.8. The van der Waals surface area contributed by atoms with E-state index in [1.807, 2.05) is 0 Å². The van der Waals surface area contributed by atoms with E-state index in [2.05, 4.69) is 10.6 Å². The summed E-state index contributed by atoms with van der Waals surface area (Å²) in [4.78, 5) is 34.8. The first-order valence-electron chi connectivity index (χ1n) is 7.60. The molecular formula is C15H26N2O5. The monoisotopic (exact) mass is 314 g/mol. The molecule has 0 aromatic carbocycles. The van der Waals surface area contributed by atoms with Gasteiger partial charge in [-0.2, -0.15) is 0 Å². The van der Waals surface area contributed by atoms with Crippen molar-refractivity contribution in [3.63, 3.8) is 0 Å². The molecule has 2 unspecified atom stereocenters. The molecule has 1 heterocycles. The maximum absolute atomic E-state index is 11.9. The van der Waals surface area contributed by atoms with Gasteiger partial charge in [0.05, 0.1) is 6.61 Å². The van der Waals surface area contributed by atoms with Gasteiger partial charge in [0, 0.05) is 30.9 Å². The largest absolute Gasteiger partial charge is 0.480 e. The van der Waals surface area contributed by atoms with Crippen LogP contribution in [0, 0.1) is 11.3 Å². The van der Waals surface area contributed by atoms with Crippen molar-refractivity contribution in [2.75, 3.05) is 19.8 Å². The van der Waals surface area contributed by atoms with Crippen LogP contribution >= 0.6 is 0 Å². The average molecular weight is 314 g/mol. The number of rotatable bonds is 6. The number of aliphatic carboxylic acids is 1. The lowest BCUT2D eigenvalue weighted by molar-refractivity contribution is -0.145. The molecule has 1 aliphatic rings. The van der Waals surface area contributed by atoms with Crippen LogP contribution in [0.4, 0.5) is 0 Å². The fraction of sp³-hybridized carbons (Fsp3) is 0.800. The maximum atomic E-state index is 11.9. The van der Waals surface area contributed by atoms with Gasteiger partial charge in [-0.25, -0.2) is 4.79 Å². The van der Waals surface area contributed by atoms with Crippen molar-refractivity contribution in [2.24, 2.45) is 11.3 Å². The van der Waals surface area contributed by atoms with Crippen LogP contribution in [0.25, 0.3) is 0 Å². The zero-order valence-corrected chi connectivity index (χ0v) is 13.5. The van der Waals surface area contributed by atoms with Crippen molar-refractivity contribution in [1.82, 2.24) is 10.6 Å². The number of carboxylic acids is 1. The Labute approximate surface area is 130 Å². The molecule has 0 bridgehead atoms. The van der Waals surface area contributed by atoms with Gasteiger partial charge in [0.15, 0.2) is 0 Å². The smallest absolute Gasteiger partial charge is 0.326 e. The number of hydrogen-bond acceptors (Lipinski definition) is 4. The summed E-state index contributed by atoms with van der Waals surface area (Å²) in [5.74, 6) is -1.79. The number of carbonyl (C=O) groups excluding carboxylic acids is 2. The lowest BCUT2D eigenvalue weighted by atomic mass is 9.93. The van der Waals surface area contributed by atoms with Crippen LogP contribution in [-0.2, 0) is 19.1 Å². The Morgan fingerprint density at radius 1 is 1.32 bits per heavy atom. The van der Waals surface area contributed by atoms with Crippen molar-refractivity contribution < 1.29 is 24.2 Å². The van der Waals surface area contributed by atoms with E-state index in [4.69, 9.17) is 4.74 Å². The standard InChI is InChI=1S/C15H26N2O5/c1-15(2,3)14(21)16-7-6-11(18)17-12(13(19)20)10-5-4-8-22-9-10/h10,12H,4-9H2,1-3H3,(H,16,21)(H,17,18)(H,19,20). The molecular weight excluding hydrogens is 288 g/mol. The van der Waals surface area contributed by atoms with Crippen LogP contribution in [0.3, 0.4) is 0 Å². The van der Waals surface area contributed by atoms with Gasteiger partial charge in [0.2, 0.25) is 11.8 Å². The van der Waals surface area contributed by atoms with Gasteiger partial charge in [-0.15, -0.1) is 0 Å². The van der Waals surface area contributed by atoms with E-state index in [0.717, 1.165) is 12.8 Å². The fourth-order valence-electron chi connectivity index (χ4n) is 2.21. The van der Waals surface area contributed by atoms with Crippen molar-refractivity contribution in [3.8, 4) is 0 Å². The highest BCUT2D eigenvalue weighted by Gasteiger charge is 2.31. The van der Waals surface area contributed by atoms with Gasteiger partial charge < -0.3 is 20.5 Å². The Balaban J connectivity index is 2.40. The van der Waals surface area contributed by atoms with Gasteiger partial charge in [0.1, 0.15) is 6.04 Å². The van der Waals surface area contributed by atoms with Crippen LogP contribution < -0.4 is 10.6 Å². The van der Waals surface area contributed by atoms with E-state index >= 15 is 0 Å². The molecule has 0 saturated carbocycles. The first kappa shape index (κ1) is 18.4. The van der Waals surface area contributed by atoms with E-state index in [9.17, 15) is 19.5 Å². The van der Waals surface area contributed by atoms with Crippen LogP contribution in [-0.4, -0.2) is 48.7 Å². The van der Waals surface area contributed by atoms with Crippen molar-refractivity contribution in [3.05, 3.63) is 0 Å². The van der Waals surface area contributed by atoms with Gasteiger partial charge in [-0.05, 0) is 12.8 Å². The van der Waals surface area contributed by atoms with Crippen molar-refractivity contribution >= 4 is 17.8 Å². The highest BCUT2D eigenvalue weighted by molar-refractivity contribution is 5.85. The molecule has 22 heavy (non-hydrogen) atoms. The second-order valence-corrected chi connectivity index (χ2v) is 6.62. The molecule has 2 atom stereocenters. The summed E-state index contributed by atoms with van der Waals surface area (Å²) in [6.45, 7) is 6.52. The first-order chi connectivity index (χ1) is 10.2. The van der Waals surface area contributed by atoms with Crippen molar-refractivity contribution in [2.45, 2.75) is 46.1 Å². The predicted molar refractivity (Wildman–Crippen MR) is 80.2 cm³/mol. The fourth-order valence-corrected chi connectivity index (χ4v) is 2.21. The topological polar surface area (TPSA) is 105 Å². The number of hydrogen-bond donors (Lipinski definition) is 3. The zero-order valence-electron chi connectivity index (χ0n) is 13.5. The highest BCUT2D eigenvalue weighted by atomic mass is 16.5. The van der Waals surface area contributed by atoms with Crippen LogP contribution in [0.1, 0.15) is 40.0 Å². The van der Waals surface area contributed by atoms with Crippen LogP contribution in [0.15, 0.2) is 0 Å². The number of ether oxygens (including phenoxy) is 1. The van der Waals surface area contributed by atoms with E-state index in [-0.39, 0.29) is 30.7 Å².